The number of nitrogens with one attached hydrogen (secondary N) is 2. The molecule has 0 spiro atoms. The molecule has 0 amide bonds. The number of benzene rings is 2. The van der Waals surface area contributed by atoms with Crippen LogP contribution in [0.15, 0.2) is 59.7 Å². The van der Waals surface area contributed by atoms with Crippen LogP contribution in [0.3, 0.4) is 0 Å². The van der Waals surface area contributed by atoms with Crippen molar-refractivity contribution in [1.82, 2.24) is 0 Å². The number of allylic oxidation sites excluding steroid dienone is 2. The maximum absolute atomic E-state index is 13.2. The summed E-state index contributed by atoms with van der Waals surface area (Å²) in [6, 6.07) is 17.7. The van der Waals surface area contributed by atoms with E-state index < -0.39 is 0 Å². The summed E-state index contributed by atoms with van der Waals surface area (Å²) < 4.78 is 0. The van der Waals surface area contributed by atoms with Crippen molar-refractivity contribution < 1.29 is 4.79 Å². The van der Waals surface area contributed by atoms with Gasteiger partial charge in [-0.1, -0.05) is 45.0 Å². The molecule has 0 aliphatic heterocycles. The molecule has 2 atom stereocenters. The molecular weight excluding hydrogens is 392 g/mol. The van der Waals surface area contributed by atoms with E-state index in [1.54, 1.807) is 0 Å². The van der Waals surface area contributed by atoms with Gasteiger partial charge in [-0.15, -0.1) is 0 Å². The third-order valence-corrected chi connectivity index (χ3v) is 6.27. The summed E-state index contributed by atoms with van der Waals surface area (Å²) in [6.07, 6.45) is 7.98. The Morgan fingerprint density at radius 3 is 1.50 bits per heavy atom. The van der Waals surface area contributed by atoms with Crippen LogP contribution in [0.25, 0.3) is 12.2 Å². The molecule has 1 saturated carbocycles. The first-order chi connectivity index (χ1) is 15.4. The van der Waals surface area contributed by atoms with Crippen molar-refractivity contribution in [3.8, 4) is 0 Å². The molecule has 1 aliphatic rings. The van der Waals surface area contributed by atoms with Gasteiger partial charge < -0.3 is 10.6 Å². The molecule has 170 valence electrons. The lowest BCUT2D eigenvalue weighted by atomic mass is 9.81. The molecule has 3 nitrogen and oxygen atoms in total. The third-order valence-electron chi connectivity index (χ3n) is 6.27. The largest absolute Gasteiger partial charge is 0.383 e. The Labute approximate surface area is 194 Å². The maximum atomic E-state index is 13.2. The molecule has 0 heterocycles. The van der Waals surface area contributed by atoms with E-state index in [0.29, 0.717) is 18.0 Å². The van der Waals surface area contributed by atoms with E-state index in [4.69, 9.17) is 0 Å². The van der Waals surface area contributed by atoms with Gasteiger partial charge in [0.2, 0.25) is 0 Å². The number of carbonyl (C=O) groups excluding carboxylic acids is 1. The molecule has 2 aromatic carbocycles. The van der Waals surface area contributed by atoms with Crippen molar-refractivity contribution in [2.24, 2.45) is 5.92 Å². The monoisotopic (exact) mass is 430 g/mol. The lowest BCUT2D eigenvalue weighted by Gasteiger charge is -2.23. The van der Waals surface area contributed by atoms with E-state index in [1.807, 2.05) is 0 Å². The minimum atomic E-state index is 0.187. The summed E-state index contributed by atoms with van der Waals surface area (Å²) in [7, 11) is 0. The van der Waals surface area contributed by atoms with Crippen LogP contribution >= 0.6 is 0 Å². The van der Waals surface area contributed by atoms with Crippen LogP contribution in [0.1, 0.15) is 71.4 Å². The van der Waals surface area contributed by atoms with E-state index in [1.165, 1.54) is 0 Å². The van der Waals surface area contributed by atoms with Gasteiger partial charge in [0, 0.05) is 34.6 Å². The highest BCUT2D eigenvalue weighted by Crippen LogP contribution is 2.32. The molecular formula is C29H38N2O. The van der Waals surface area contributed by atoms with E-state index in [-0.39, 0.29) is 5.78 Å². The summed E-state index contributed by atoms with van der Waals surface area (Å²) in [5.41, 5.74) is 6.22. The molecule has 3 heteroatoms. The van der Waals surface area contributed by atoms with Crippen molar-refractivity contribution >= 4 is 29.3 Å². The van der Waals surface area contributed by atoms with Crippen LogP contribution < -0.4 is 10.6 Å². The number of rotatable bonds is 8. The van der Waals surface area contributed by atoms with Crippen molar-refractivity contribution in [2.45, 2.75) is 72.4 Å². The first-order valence-corrected chi connectivity index (χ1v) is 12.1. The van der Waals surface area contributed by atoms with Gasteiger partial charge >= 0.3 is 0 Å². The first-order valence-electron chi connectivity index (χ1n) is 12.1. The van der Waals surface area contributed by atoms with Gasteiger partial charge in [0.25, 0.3) is 0 Å². The molecule has 0 aromatic heterocycles. The second-order valence-corrected chi connectivity index (χ2v) is 9.33. The van der Waals surface area contributed by atoms with Crippen molar-refractivity contribution in [3.63, 3.8) is 0 Å². The zero-order valence-corrected chi connectivity index (χ0v) is 20.2. The number of carbonyl (C=O) groups is 1. The molecule has 0 radical (unpaired) electrons. The molecule has 0 bridgehead atoms. The van der Waals surface area contributed by atoms with Crippen LogP contribution in [0, 0.1) is 5.92 Å². The molecule has 1 fully saturated rings. The number of Topliss-reactive ketones (excluding diaryl/α,β-unsaturated/α-hetero) is 1. The number of hydrogen-bond acceptors (Lipinski definition) is 3. The van der Waals surface area contributed by atoms with Gasteiger partial charge in [-0.25, -0.2) is 0 Å². The van der Waals surface area contributed by atoms with Gasteiger partial charge in [0.1, 0.15) is 0 Å². The van der Waals surface area contributed by atoms with Crippen molar-refractivity contribution in [2.75, 3.05) is 10.6 Å². The highest BCUT2D eigenvalue weighted by atomic mass is 16.1. The zero-order chi connectivity index (χ0) is 23.1. The first kappa shape index (κ1) is 23.8. The Kier molecular flexibility index (Phi) is 8.33. The summed E-state index contributed by atoms with van der Waals surface area (Å²) >= 11 is 0. The number of ketones is 1. The van der Waals surface area contributed by atoms with Crippen LogP contribution in [0.2, 0.25) is 0 Å². The van der Waals surface area contributed by atoms with Gasteiger partial charge in [-0.05, 0) is 93.0 Å². The predicted octanol–water partition coefficient (Wildman–Crippen LogP) is 7.57. The quantitative estimate of drug-likeness (QED) is 0.424. The molecule has 0 saturated heterocycles. The Morgan fingerprint density at radius 2 is 1.16 bits per heavy atom. The fourth-order valence-corrected chi connectivity index (χ4v) is 3.99. The highest BCUT2D eigenvalue weighted by Gasteiger charge is 2.25. The highest BCUT2D eigenvalue weighted by molar-refractivity contribution is 6.14. The molecule has 3 rings (SSSR count). The summed E-state index contributed by atoms with van der Waals surface area (Å²) in [4.78, 5) is 13.2. The average Bonchev–Trinajstić information content (AvgIpc) is 2.79. The SMILES string of the molecule is CCC(C)Nc1ccc(/C=C2\CC(C)C/C(=C\c3ccc(NC(C)CC)cc3)C2=O)cc1. The fraction of sp³-hybridized carbons (Fsp3) is 0.414. The smallest absolute Gasteiger partial charge is 0.185 e. The molecule has 2 unspecified atom stereocenters. The van der Waals surface area contributed by atoms with Gasteiger partial charge in [0.05, 0.1) is 0 Å². The van der Waals surface area contributed by atoms with E-state index in [0.717, 1.165) is 59.3 Å². The van der Waals surface area contributed by atoms with Gasteiger partial charge in [-0.3, -0.25) is 4.79 Å². The fourth-order valence-electron chi connectivity index (χ4n) is 3.99. The topological polar surface area (TPSA) is 41.1 Å². The summed E-state index contributed by atoms with van der Waals surface area (Å²) in [5.74, 6) is 0.648. The summed E-state index contributed by atoms with van der Waals surface area (Å²) in [6.45, 7) is 10.9. The maximum Gasteiger partial charge on any atom is 0.185 e. The Morgan fingerprint density at radius 1 is 0.781 bits per heavy atom. The second-order valence-electron chi connectivity index (χ2n) is 9.33. The molecule has 2 aromatic rings. The zero-order valence-electron chi connectivity index (χ0n) is 20.2. The summed E-state index contributed by atoms with van der Waals surface area (Å²) in [5, 5.41) is 6.98. The van der Waals surface area contributed by atoms with Crippen LogP contribution in [0.5, 0.6) is 0 Å². The lowest BCUT2D eigenvalue weighted by molar-refractivity contribution is -0.113. The standard InChI is InChI=1S/C29H38N2O/c1-6-21(4)30-27-12-8-23(9-13-27)18-25-16-20(3)17-26(29(25)32)19-24-10-14-28(15-11-24)31-22(5)7-2/h8-15,18-22,30-31H,6-7,16-17H2,1-5H3/b25-18+,26-19+. The minimum Gasteiger partial charge on any atom is -0.383 e. The van der Waals surface area contributed by atoms with E-state index >= 15 is 0 Å². The Bertz CT molecular complexity index is 876. The number of hydrogen-bond donors (Lipinski definition) is 2. The van der Waals surface area contributed by atoms with Gasteiger partial charge in [-0.2, -0.15) is 0 Å². The van der Waals surface area contributed by atoms with Crippen LogP contribution in [-0.4, -0.2) is 17.9 Å². The van der Waals surface area contributed by atoms with Crippen molar-refractivity contribution in [1.29, 1.82) is 0 Å². The van der Waals surface area contributed by atoms with Crippen molar-refractivity contribution in [3.05, 3.63) is 70.8 Å². The normalized spacial score (nSPS) is 20.9. The average molecular weight is 431 g/mol. The van der Waals surface area contributed by atoms with Crippen LogP contribution in [0.4, 0.5) is 11.4 Å². The molecule has 32 heavy (non-hydrogen) atoms. The predicted molar refractivity (Wildman–Crippen MR) is 139 cm³/mol. The molecule has 2 N–H and O–H groups in total. The second kappa shape index (κ2) is 11.2. The third kappa shape index (κ3) is 6.59. The van der Waals surface area contributed by atoms with Crippen LogP contribution in [-0.2, 0) is 4.79 Å². The van der Waals surface area contributed by atoms with Gasteiger partial charge in [0.15, 0.2) is 5.78 Å². The molecule has 1 aliphatic carbocycles. The van der Waals surface area contributed by atoms with E-state index in [9.17, 15) is 4.79 Å². The van der Waals surface area contributed by atoms with E-state index in [2.05, 4.69) is 106 Å². The number of anilines is 2. The lowest BCUT2D eigenvalue weighted by Crippen LogP contribution is -2.18. The minimum absolute atomic E-state index is 0.187. The Balaban J connectivity index is 1.75. The Hall–Kier alpha value is -2.81.